The first-order valence-corrected chi connectivity index (χ1v) is 6.50. The molecule has 0 aliphatic heterocycles. The average molecular weight is 255 g/mol. The minimum absolute atomic E-state index is 0.748. The van der Waals surface area contributed by atoms with E-state index in [1.807, 2.05) is 25.1 Å². The number of rotatable bonds is 4. The summed E-state index contributed by atoms with van der Waals surface area (Å²) < 4.78 is 0. The highest BCUT2D eigenvalue weighted by Gasteiger charge is 2.02. The molecule has 0 saturated carbocycles. The number of hydrogen-bond acceptors (Lipinski definition) is 3. The molecule has 1 aromatic carbocycles. The predicted molar refractivity (Wildman–Crippen MR) is 81.8 cm³/mol. The zero-order valence-electron chi connectivity index (χ0n) is 12.1. The molecule has 0 aliphatic carbocycles. The molecule has 2 rings (SSSR count). The van der Waals surface area contributed by atoms with E-state index in [2.05, 4.69) is 54.4 Å². The molecular formula is C16H21N3. The zero-order valence-corrected chi connectivity index (χ0v) is 12.1. The number of hydrogen-bond donors (Lipinski definition) is 1. The van der Waals surface area contributed by atoms with E-state index in [1.165, 1.54) is 11.3 Å². The molecule has 1 aromatic heterocycles. The van der Waals surface area contributed by atoms with E-state index in [1.54, 1.807) is 0 Å². The number of benzene rings is 1. The molecule has 0 atom stereocenters. The van der Waals surface area contributed by atoms with Gasteiger partial charge in [-0.3, -0.25) is 4.98 Å². The van der Waals surface area contributed by atoms with E-state index >= 15 is 0 Å². The van der Waals surface area contributed by atoms with Crippen LogP contribution in [0.15, 0.2) is 36.4 Å². The van der Waals surface area contributed by atoms with E-state index in [9.17, 15) is 0 Å². The monoisotopic (exact) mass is 255 g/mol. The summed E-state index contributed by atoms with van der Waals surface area (Å²) in [5.41, 5.74) is 5.76. The summed E-state index contributed by atoms with van der Waals surface area (Å²) in [5.74, 6) is 0. The molecule has 3 nitrogen and oxygen atoms in total. The van der Waals surface area contributed by atoms with Crippen LogP contribution in [0.3, 0.4) is 0 Å². The molecule has 3 heteroatoms. The van der Waals surface area contributed by atoms with Crippen LogP contribution < -0.4 is 10.2 Å². The van der Waals surface area contributed by atoms with Crippen LogP contribution in [-0.2, 0) is 6.54 Å². The topological polar surface area (TPSA) is 28.2 Å². The Hall–Kier alpha value is -2.03. The fourth-order valence-electron chi connectivity index (χ4n) is 2.09. The Morgan fingerprint density at radius 2 is 1.89 bits per heavy atom. The molecule has 2 aromatic rings. The van der Waals surface area contributed by atoms with Crippen molar-refractivity contribution in [2.24, 2.45) is 0 Å². The number of nitrogens with one attached hydrogen (secondary N) is 1. The van der Waals surface area contributed by atoms with Crippen LogP contribution in [0.2, 0.25) is 0 Å². The van der Waals surface area contributed by atoms with Gasteiger partial charge in [-0.1, -0.05) is 12.1 Å². The molecule has 1 heterocycles. The van der Waals surface area contributed by atoms with Crippen molar-refractivity contribution in [3.8, 4) is 0 Å². The van der Waals surface area contributed by atoms with Gasteiger partial charge >= 0.3 is 0 Å². The van der Waals surface area contributed by atoms with Gasteiger partial charge in [-0.05, 0) is 43.7 Å². The molecule has 19 heavy (non-hydrogen) atoms. The molecule has 0 unspecified atom stereocenters. The Balaban J connectivity index is 2.09. The van der Waals surface area contributed by atoms with Crippen LogP contribution in [0.25, 0.3) is 0 Å². The van der Waals surface area contributed by atoms with Gasteiger partial charge in [0.25, 0.3) is 0 Å². The van der Waals surface area contributed by atoms with Crippen molar-refractivity contribution in [2.75, 3.05) is 24.3 Å². The van der Waals surface area contributed by atoms with E-state index < -0.39 is 0 Å². The summed E-state index contributed by atoms with van der Waals surface area (Å²) >= 11 is 0. The number of pyridine rings is 1. The highest BCUT2D eigenvalue weighted by molar-refractivity contribution is 5.61. The minimum Gasteiger partial charge on any atom is -0.379 e. The maximum atomic E-state index is 4.49. The molecular weight excluding hydrogens is 234 g/mol. The Morgan fingerprint density at radius 3 is 2.58 bits per heavy atom. The van der Waals surface area contributed by atoms with E-state index in [4.69, 9.17) is 0 Å². The number of nitrogens with zero attached hydrogens (tertiary/aromatic N) is 2. The first kappa shape index (κ1) is 13.4. The largest absolute Gasteiger partial charge is 0.379 e. The predicted octanol–water partition coefficient (Wildman–Crippen LogP) is 3.38. The summed E-state index contributed by atoms with van der Waals surface area (Å²) in [6.45, 7) is 4.89. The highest BCUT2D eigenvalue weighted by Crippen LogP contribution is 2.22. The average Bonchev–Trinajstić information content (AvgIpc) is 2.37. The second kappa shape index (κ2) is 5.74. The van der Waals surface area contributed by atoms with Crippen LogP contribution in [-0.4, -0.2) is 19.1 Å². The lowest BCUT2D eigenvalue weighted by molar-refractivity contribution is 1.01. The normalized spacial score (nSPS) is 10.3. The minimum atomic E-state index is 0.748. The Kier molecular flexibility index (Phi) is 4.05. The van der Waals surface area contributed by atoms with Crippen molar-refractivity contribution in [1.29, 1.82) is 0 Å². The van der Waals surface area contributed by atoms with Gasteiger partial charge in [0.2, 0.25) is 0 Å². The molecule has 0 aliphatic rings. The lowest BCUT2D eigenvalue weighted by atomic mass is 10.1. The molecule has 0 fully saturated rings. The van der Waals surface area contributed by atoms with Gasteiger partial charge in [0.1, 0.15) is 0 Å². The highest BCUT2D eigenvalue weighted by atomic mass is 15.1. The van der Waals surface area contributed by atoms with Crippen molar-refractivity contribution in [3.05, 3.63) is 53.3 Å². The molecule has 0 spiro atoms. The first-order chi connectivity index (χ1) is 9.06. The molecule has 0 bridgehead atoms. The Labute approximate surface area is 115 Å². The van der Waals surface area contributed by atoms with Gasteiger partial charge in [0, 0.05) is 31.2 Å². The third-order valence-corrected chi connectivity index (χ3v) is 3.11. The lowest BCUT2D eigenvalue weighted by Crippen LogP contribution is -2.11. The van der Waals surface area contributed by atoms with Crippen molar-refractivity contribution in [3.63, 3.8) is 0 Å². The third-order valence-electron chi connectivity index (χ3n) is 3.11. The number of anilines is 2. The quantitative estimate of drug-likeness (QED) is 0.907. The molecule has 0 radical (unpaired) electrons. The number of aromatic nitrogens is 1. The second-order valence-electron chi connectivity index (χ2n) is 5.02. The summed E-state index contributed by atoms with van der Waals surface area (Å²) in [6.07, 6.45) is 0. The molecule has 0 amide bonds. The van der Waals surface area contributed by atoms with Crippen molar-refractivity contribution >= 4 is 11.4 Å². The van der Waals surface area contributed by atoms with Crippen LogP contribution in [0, 0.1) is 13.8 Å². The Bertz CT molecular complexity index is 562. The second-order valence-corrected chi connectivity index (χ2v) is 5.02. The van der Waals surface area contributed by atoms with Crippen molar-refractivity contribution < 1.29 is 0 Å². The van der Waals surface area contributed by atoms with Gasteiger partial charge in [-0.15, -0.1) is 0 Å². The standard InChI is InChI=1S/C16H21N3/c1-12-8-9-14(10-16(12)19(3)4)17-11-15-7-5-6-13(2)18-15/h5-10,17H,11H2,1-4H3. The van der Waals surface area contributed by atoms with E-state index in [-0.39, 0.29) is 0 Å². The Morgan fingerprint density at radius 1 is 1.11 bits per heavy atom. The van der Waals surface area contributed by atoms with Crippen LogP contribution in [0.5, 0.6) is 0 Å². The van der Waals surface area contributed by atoms with Gasteiger partial charge in [0.15, 0.2) is 0 Å². The smallest absolute Gasteiger partial charge is 0.0597 e. The van der Waals surface area contributed by atoms with E-state index in [0.29, 0.717) is 0 Å². The van der Waals surface area contributed by atoms with Crippen LogP contribution >= 0.6 is 0 Å². The summed E-state index contributed by atoms with van der Waals surface area (Å²) in [7, 11) is 4.13. The first-order valence-electron chi connectivity index (χ1n) is 6.50. The fraction of sp³-hybridized carbons (Fsp3) is 0.312. The third kappa shape index (κ3) is 3.47. The van der Waals surface area contributed by atoms with Crippen molar-refractivity contribution in [2.45, 2.75) is 20.4 Å². The SMILES string of the molecule is Cc1cccc(CNc2ccc(C)c(N(C)C)c2)n1. The van der Waals surface area contributed by atoms with Crippen LogP contribution in [0.1, 0.15) is 17.0 Å². The summed E-state index contributed by atoms with van der Waals surface area (Å²) in [6, 6.07) is 12.5. The van der Waals surface area contributed by atoms with Gasteiger partial charge in [-0.25, -0.2) is 0 Å². The van der Waals surface area contributed by atoms with Gasteiger partial charge in [-0.2, -0.15) is 0 Å². The maximum Gasteiger partial charge on any atom is 0.0597 e. The lowest BCUT2D eigenvalue weighted by Gasteiger charge is -2.17. The number of aryl methyl sites for hydroxylation is 2. The summed E-state index contributed by atoms with van der Waals surface area (Å²) in [4.78, 5) is 6.62. The summed E-state index contributed by atoms with van der Waals surface area (Å²) in [5, 5.41) is 3.42. The molecule has 100 valence electrons. The van der Waals surface area contributed by atoms with Gasteiger partial charge < -0.3 is 10.2 Å². The van der Waals surface area contributed by atoms with Gasteiger partial charge in [0.05, 0.1) is 12.2 Å². The fourth-order valence-corrected chi connectivity index (χ4v) is 2.09. The van der Waals surface area contributed by atoms with Crippen molar-refractivity contribution in [1.82, 2.24) is 4.98 Å². The molecule has 1 N–H and O–H groups in total. The molecule has 0 saturated heterocycles. The zero-order chi connectivity index (χ0) is 13.8. The van der Waals surface area contributed by atoms with E-state index in [0.717, 1.165) is 23.6 Å². The maximum absolute atomic E-state index is 4.49. The van der Waals surface area contributed by atoms with Crippen LogP contribution in [0.4, 0.5) is 11.4 Å².